The number of rotatable bonds is 3. The van der Waals surface area contributed by atoms with Crippen molar-refractivity contribution in [3.63, 3.8) is 0 Å². The minimum atomic E-state index is 0.432. The smallest absolute Gasteiger partial charge is 0.0319 e. The Morgan fingerprint density at radius 3 is 2.32 bits per heavy atom. The molecule has 106 valence electrons. The van der Waals surface area contributed by atoms with Crippen LogP contribution in [-0.4, -0.2) is 24.0 Å². The second kappa shape index (κ2) is 6.06. The fourth-order valence-corrected chi connectivity index (χ4v) is 3.08. The maximum Gasteiger partial charge on any atom is 0.0319 e. The first kappa shape index (κ1) is 14.5. The summed E-state index contributed by atoms with van der Waals surface area (Å²) < 4.78 is 0. The van der Waals surface area contributed by atoms with Crippen LogP contribution in [0.3, 0.4) is 0 Å². The van der Waals surface area contributed by atoms with Crippen LogP contribution in [0.15, 0.2) is 18.2 Å². The van der Waals surface area contributed by atoms with E-state index in [9.17, 15) is 0 Å². The Morgan fingerprint density at radius 1 is 1.11 bits per heavy atom. The van der Waals surface area contributed by atoms with Gasteiger partial charge in [0.25, 0.3) is 0 Å². The summed E-state index contributed by atoms with van der Waals surface area (Å²) in [5.41, 5.74) is 10.2. The van der Waals surface area contributed by atoms with Crippen LogP contribution < -0.4 is 5.73 Å². The molecule has 1 aliphatic rings. The molecule has 2 N–H and O–H groups in total. The SMILES string of the molecule is Cc1ccc(C(C)N(C)C2CCC(N)CC2)cc1C. The molecule has 1 aromatic rings. The summed E-state index contributed by atoms with van der Waals surface area (Å²) >= 11 is 0. The summed E-state index contributed by atoms with van der Waals surface area (Å²) in [5, 5.41) is 0. The van der Waals surface area contributed by atoms with Gasteiger partial charge in [-0.1, -0.05) is 18.2 Å². The molecule has 0 aliphatic heterocycles. The molecule has 0 amide bonds. The van der Waals surface area contributed by atoms with Crippen LogP contribution in [-0.2, 0) is 0 Å². The third-order valence-corrected chi connectivity index (χ3v) is 4.94. The predicted molar refractivity (Wildman–Crippen MR) is 82.3 cm³/mol. The van der Waals surface area contributed by atoms with Crippen molar-refractivity contribution < 1.29 is 0 Å². The second-order valence-electron chi connectivity index (χ2n) is 6.25. The average molecular weight is 260 g/mol. The molecule has 0 spiro atoms. The molecule has 1 atom stereocenters. The molecule has 2 heteroatoms. The first-order chi connectivity index (χ1) is 8.99. The third-order valence-electron chi connectivity index (χ3n) is 4.94. The summed E-state index contributed by atoms with van der Waals surface area (Å²) in [6, 6.07) is 8.46. The van der Waals surface area contributed by atoms with Crippen molar-refractivity contribution in [3.05, 3.63) is 34.9 Å². The van der Waals surface area contributed by atoms with E-state index >= 15 is 0 Å². The molecule has 0 aromatic heterocycles. The minimum absolute atomic E-state index is 0.432. The number of nitrogens with two attached hydrogens (primary N) is 1. The number of benzene rings is 1. The summed E-state index contributed by atoms with van der Waals surface area (Å²) in [4.78, 5) is 2.54. The zero-order valence-electron chi connectivity index (χ0n) is 12.8. The highest BCUT2D eigenvalue weighted by Gasteiger charge is 2.25. The van der Waals surface area contributed by atoms with Gasteiger partial charge in [0.15, 0.2) is 0 Å². The normalized spacial score (nSPS) is 25.6. The van der Waals surface area contributed by atoms with Crippen molar-refractivity contribution in [2.45, 2.75) is 64.6 Å². The van der Waals surface area contributed by atoms with E-state index < -0.39 is 0 Å². The van der Waals surface area contributed by atoms with Crippen molar-refractivity contribution in [2.75, 3.05) is 7.05 Å². The molecule has 1 aromatic carbocycles. The average Bonchev–Trinajstić information content (AvgIpc) is 2.41. The Kier molecular flexibility index (Phi) is 4.64. The van der Waals surface area contributed by atoms with E-state index in [1.807, 2.05) is 0 Å². The Hall–Kier alpha value is -0.860. The van der Waals surface area contributed by atoms with E-state index in [4.69, 9.17) is 5.73 Å². The van der Waals surface area contributed by atoms with Gasteiger partial charge in [0, 0.05) is 18.1 Å². The van der Waals surface area contributed by atoms with Gasteiger partial charge in [-0.15, -0.1) is 0 Å². The summed E-state index contributed by atoms with van der Waals surface area (Å²) in [5.74, 6) is 0. The van der Waals surface area contributed by atoms with Crippen LogP contribution in [0.1, 0.15) is 55.3 Å². The van der Waals surface area contributed by atoms with Crippen LogP contribution in [0.2, 0.25) is 0 Å². The maximum absolute atomic E-state index is 6.00. The zero-order valence-corrected chi connectivity index (χ0v) is 12.8. The third kappa shape index (κ3) is 3.37. The lowest BCUT2D eigenvalue weighted by Crippen LogP contribution is -2.39. The van der Waals surface area contributed by atoms with Crippen molar-refractivity contribution in [1.82, 2.24) is 4.90 Å². The fourth-order valence-electron chi connectivity index (χ4n) is 3.08. The second-order valence-corrected chi connectivity index (χ2v) is 6.25. The molecule has 0 heterocycles. The van der Waals surface area contributed by atoms with Gasteiger partial charge >= 0.3 is 0 Å². The highest BCUT2D eigenvalue weighted by Crippen LogP contribution is 2.29. The maximum atomic E-state index is 6.00. The molecule has 1 unspecified atom stereocenters. The lowest BCUT2D eigenvalue weighted by Gasteiger charge is -2.37. The van der Waals surface area contributed by atoms with Crippen LogP contribution >= 0.6 is 0 Å². The van der Waals surface area contributed by atoms with Crippen molar-refractivity contribution in [1.29, 1.82) is 0 Å². The Morgan fingerprint density at radius 2 is 1.74 bits per heavy atom. The first-order valence-corrected chi connectivity index (χ1v) is 7.53. The number of aryl methyl sites for hydroxylation is 2. The van der Waals surface area contributed by atoms with Gasteiger partial charge in [0.1, 0.15) is 0 Å². The van der Waals surface area contributed by atoms with E-state index in [-0.39, 0.29) is 0 Å². The monoisotopic (exact) mass is 260 g/mol. The van der Waals surface area contributed by atoms with E-state index in [0.717, 1.165) is 0 Å². The van der Waals surface area contributed by atoms with E-state index in [2.05, 4.69) is 50.9 Å². The molecule has 1 fully saturated rings. The summed E-state index contributed by atoms with van der Waals surface area (Å²) in [6.07, 6.45) is 4.84. The highest BCUT2D eigenvalue weighted by molar-refractivity contribution is 5.31. The van der Waals surface area contributed by atoms with Gasteiger partial charge < -0.3 is 5.73 Å². The standard InChI is InChI=1S/C17H28N2/c1-12-5-6-15(11-13(12)2)14(3)19(4)17-9-7-16(18)8-10-17/h5-6,11,14,16-17H,7-10,18H2,1-4H3. The van der Waals surface area contributed by atoms with Gasteiger partial charge in [-0.3, -0.25) is 4.90 Å². The molecule has 19 heavy (non-hydrogen) atoms. The summed E-state index contributed by atoms with van der Waals surface area (Å²) in [6.45, 7) is 6.69. The quantitative estimate of drug-likeness (QED) is 0.900. The molecule has 0 saturated heterocycles. The lowest BCUT2D eigenvalue weighted by atomic mass is 9.89. The fraction of sp³-hybridized carbons (Fsp3) is 0.647. The van der Waals surface area contributed by atoms with E-state index in [1.54, 1.807) is 0 Å². The van der Waals surface area contributed by atoms with E-state index in [0.29, 0.717) is 18.1 Å². The van der Waals surface area contributed by atoms with Crippen LogP contribution in [0.25, 0.3) is 0 Å². The van der Waals surface area contributed by atoms with Gasteiger partial charge in [-0.25, -0.2) is 0 Å². The number of hydrogen-bond donors (Lipinski definition) is 1. The Labute approximate surface area is 118 Å². The van der Waals surface area contributed by atoms with Crippen molar-refractivity contribution in [2.24, 2.45) is 5.73 Å². The first-order valence-electron chi connectivity index (χ1n) is 7.53. The Balaban J connectivity index is 2.05. The largest absolute Gasteiger partial charge is 0.328 e. The van der Waals surface area contributed by atoms with Gasteiger partial charge in [-0.05, 0) is 70.2 Å². The van der Waals surface area contributed by atoms with E-state index in [1.165, 1.54) is 42.4 Å². The van der Waals surface area contributed by atoms with Gasteiger partial charge in [0.2, 0.25) is 0 Å². The van der Waals surface area contributed by atoms with Crippen LogP contribution in [0.4, 0.5) is 0 Å². The van der Waals surface area contributed by atoms with Crippen LogP contribution in [0.5, 0.6) is 0 Å². The van der Waals surface area contributed by atoms with Gasteiger partial charge in [0.05, 0.1) is 0 Å². The van der Waals surface area contributed by atoms with Crippen molar-refractivity contribution in [3.8, 4) is 0 Å². The molecule has 1 saturated carbocycles. The molecule has 0 radical (unpaired) electrons. The molecular weight excluding hydrogens is 232 g/mol. The number of hydrogen-bond acceptors (Lipinski definition) is 2. The highest BCUT2D eigenvalue weighted by atomic mass is 15.2. The topological polar surface area (TPSA) is 29.3 Å². The van der Waals surface area contributed by atoms with Crippen molar-refractivity contribution >= 4 is 0 Å². The van der Waals surface area contributed by atoms with Crippen LogP contribution in [0, 0.1) is 13.8 Å². The Bertz CT molecular complexity index is 419. The van der Waals surface area contributed by atoms with Gasteiger partial charge in [-0.2, -0.15) is 0 Å². The minimum Gasteiger partial charge on any atom is -0.328 e. The molecule has 1 aliphatic carbocycles. The summed E-state index contributed by atoms with van der Waals surface area (Å²) in [7, 11) is 2.27. The lowest BCUT2D eigenvalue weighted by molar-refractivity contribution is 0.140. The zero-order chi connectivity index (χ0) is 14.0. The molecule has 2 nitrogen and oxygen atoms in total. The predicted octanol–water partition coefficient (Wildman–Crippen LogP) is 3.57. The molecule has 2 rings (SSSR count). The molecular formula is C17H28N2. The molecule has 0 bridgehead atoms. The number of nitrogens with zero attached hydrogens (tertiary/aromatic N) is 1.